The maximum atomic E-state index is 13.5. The number of halogens is 1. The van der Waals surface area contributed by atoms with Gasteiger partial charge in [0.25, 0.3) is 10.0 Å². The number of amides is 1. The van der Waals surface area contributed by atoms with E-state index >= 15 is 0 Å². The lowest BCUT2D eigenvalue weighted by Crippen LogP contribution is -2.44. The molecule has 3 aromatic rings. The van der Waals surface area contributed by atoms with Crippen molar-refractivity contribution < 1.29 is 13.2 Å². The van der Waals surface area contributed by atoms with Gasteiger partial charge >= 0.3 is 0 Å². The highest BCUT2D eigenvalue weighted by Gasteiger charge is 2.31. The Labute approximate surface area is 187 Å². The fraction of sp³-hybridized carbons (Fsp3) is 0.208. The highest BCUT2D eigenvalue weighted by molar-refractivity contribution is 7.92. The number of carbonyl (C=O) groups is 1. The summed E-state index contributed by atoms with van der Waals surface area (Å²) in [5.74, 6) is -0.259. The number of para-hydroxylation sites is 1. The SMILES string of the molecule is Cc1ccc(S(=O)(=O)N(CC(=O)N2CCc3ccccc3C2)c2ccccc2Cl)cc1. The fourth-order valence-corrected chi connectivity index (χ4v) is 5.44. The van der Waals surface area contributed by atoms with E-state index in [0.717, 1.165) is 21.9 Å². The lowest BCUT2D eigenvalue weighted by Gasteiger charge is -2.32. The Morgan fingerprint density at radius 3 is 2.32 bits per heavy atom. The molecule has 0 fully saturated rings. The minimum absolute atomic E-state index is 0.120. The quantitative estimate of drug-likeness (QED) is 0.573. The molecule has 0 radical (unpaired) electrons. The summed E-state index contributed by atoms with van der Waals surface area (Å²) in [7, 11) is -3.99. The Bertz CT molecular complexity index is 1210. The molecule has 1 aliphatic heterocycles. The number of carbonyl (C=O) groups excluding carboxylic acids is 1. The second-order valence-electron chi connectivity index (χ2n) is 7.61. The molecule has 1 amide bonds. The normalized spacial score (nSPS) is 13.5. The third-order valence-corrected chi connectivity index (χ3v) is 7.59. The molecule has 3 aromatic carbocycles. The van der Waals surface area contributed by atoms with E-state index in [1.54, 1.807) is 53.4 Å². The van der Waals surface area contributed by atoms with Gasteiger partial charge in [-0.15, -0.1) is 0 Å². The minimum atomic E-state index is -3.99. The van der Waals surface area contributed by atoms with Crippen molar-refractivity contribution in [2.24, 2.45) is 0 Å². The molecule has 0 spiro atoms. The van der Waals surface area contributed by atoms with Gasteiger partial charge in [-0.25, -0.2) is 8.42 Å². The van der Waals surface area contributed by atoms with Crippen LogP contribution in [-0.2, 0) is 27.8 Å². The van der Waals surface area contributed by atoms with Crippen LogP contribution in [0.2, 0.25) is 5.02 Å². The Balaban J connectivity index is 1.66. The Kier molecular flexibility index (Phi) is 6.03. The molecule has 4 rings (SSSR count). The Hall–Kier alpha value is -2.83. The van der Waals surface area contributed by atoms with Crippen molar-refractivity contribution in [2.75, 3.05) is 17.4 Å². The highest BCUT2D eigenvalue weighted by atomic mass is 35.5. The molecule has 5 nitrogen and oxygen atoms in total. The van der Waals surface area contributed by atoms with Gasteiger partial charge in [0.2, 0.25) is 5.91 Å². The molecular formula is C24H23ClN2O3S. The number of fused-ring (bicyclic) bond motifs is 1. The maximum absolute atomic E-state index is 13.5. The predicted molar refractivity (Wildman–Crippen MR) is 123 cm³/mol. The summed E-state index contributed by atoms with van der Waals surface area (Å²) in [6, 6.07) is 21.3. The van der Waals surface area contributed by atoms with Crippen molar-refractivity contribution in [3.05, 3.63) is 94.5 Å². The smallest absolute Gasteiger partial charge is 0.264 e. The van der Waals surface area contributed by atoms with E-state index in [0.29, 0.717) is 13.1 Å². The summed E-state index contributed by atoms with van der Waals surface area (Å²) < 4.78 is 28.1. The van der Waals surface area contributed by atoms with Crippen LogP contribution in [0.4, 0.5) is 5.69 Å². The van der Waals surface area contributed by atoms with E-state index in [9.17, 15) is 13.2 Å². The summed E-state index contributed by atoms with van der Waals surface area (Å²) in [4.78, 5) is 15.0. The van der Waals surface area contributed by atoms with Crippen molar-refractivity contribution in [1.29, 1.82) is 0 Å². The van der Waals surface area contributed by atoms with Gasteiger partial charge in [0.1, 0.15) is 6.54 Å². The van der Waals surface area contributed by atoms with E-state index in [2.05, 4.69) is 6.07 Å². The molecule has 0 aromatic heterocycles. The molecule has 0 atom stereocenters. The van der Waals surface area contributed by atoms with Gasteiger partial charge in [0, 0.05) is 13.1 Å². The highest BCUT2D eigenvalue weighted by Crippen LogP contribution is 2.31. The topological polar surface area (TPSA) is 57.7 Å². The molecule has 1 heterocycles. The first-order valence-corrected chi connectivity index (χ1v) is 11.9. The molecular weight excluding hydrogens is 432 g/mol. The third-order valence-electron chi connectivity index (χ3n) is 5.49. The van der Waals surface area contributed by atoms with Crippen LogP contribution in [0.25, 0.3) is 0 Å². The zero-order chi connectivity index (χ0) is 22.0. The average Bonchev–Trinajstić information content (AvgIpc) is 2.78. The number of aryl methyl sites for hydroxylation is 1. The largest absolute Gasteiger partial charge is 0.336 e. The molecule has 160 valence electrons. The second-order valence-corrected chi connectivity index (χ2v) is 9.88. The summed E-state index contributed by atoms with van der Waals surface area (Å²) in [6.45, 7) is 2.59. The summed E-state index contributed by atoms with van der Waals surface area (Å²) >= 11 is 6.34. The van der Waals surface area contributed by atoms with Gasteiger partial charge in [-0.05, 0) is 48.7 Å². The van der Waals surface area contributed by atoms with Crippen LogP contribution in [0.5, 0.6) is 0 Å². The van der Waals surface area contributed by atoms with Crippen LogP contribution in [0.3, 0.4) is 0 Å². The van der Waals surface area contributed by atoms with E-state index in [1.807, 2.05) is 25.1 Å². The molecule has 0 N–H and O–H groups in total. The van der Waals surface area contributed by atoms with Crippen LogP contribution in [0.1, 0.15) is 16.7 Å². The molecule has 7 heteroatoms. The van der Waals surface area contributed by atoms with Gasteiger partial charge in [0.15, 0.2) is 0 Å². The molecule has 0 bridgehead atoms. The van der Waals surface area contributed by atoms with E-state index < -0.39 is 10.0 Å². The number of nitrogens with zero attached hydrogens (tertiary/aromatic N) is 2. The predicted octanol–water partition coefficient (Wildman–Crippen LogP) is 4.43. The van der Waals surface area contributed by atoms with Crippen molar-refractivity contribution in [3.8, 4) is 0 Å². The monoisotopic (exact) mass is 454 g/mol. The van der Waals surface area contributed by atoms with Gasteiger partial charge in [0.05, 0.1) is 15.6 Å². The van der Waals surface area contributed by atoms with Crippen molar-refractivity contribution in [3.63, 3.8) is 0 Å². The van der Waals surface area contributed by atoms with Crippen molar-refractivity contribution in [2.45, 2.75) is 24.8 Å². The summed E-state index contributed by atoms with van der Waals surface area (Å²) in [5.41, 5.74) is 3.55. The first-order valence-electron chi connectivity index (χ1n) is 10.0. The van der Waals surface area contributed by atoms with Crippen molar-refractivity contribution >= 4 is 33.2 Å². The summed E-state index contributed by atoms with van der Waals surface area (Å²) in [5, 5.41) is 0.273. The zero-order valence-electron chi connectivity index (χ0n) is 17.2. The van der Waals surface area contributed by atoms with Crippen molar-refractivity contribution in [1.82, 2.24) is 4.90 Å². The zero-order valence-corrected chi connectivity index (χ0v) is 18.7. The Morgan fingerprint density at radius 1 is 0.968 bits per heavy atom. The van der Waals surface area contributed by atoms with Gasteiger partial charge in [-0.2, -0.15) is 0 Å². The lowest BCUT2D eigenvalue weighted by atomic mass is 10.00. The fourth-order valence-electron chi connectivity index (χ4n) is 3.72. The first kappa shape index (κ1) is 21.4. The molecule has 1 aliphatic rings. The molecule has 0 saturated heterocycles. The molecule has 31 heavy (non-hydrogen) atoms. The van der Waals surface area contributed by atoms with E-state index in [4.69, 9.17) is 11.6 Å². The number of hydrogen-bond acceptors (Lipinski definition) is 3. The minimum Gasteiger partial charge on any atom is -0.336 e. The molecule has 0 unspecified atom stereocenters. The van der Waals surface area contributed by atoms with Gasteiger partial charge < -0.3 is 4.90 Å². The van der Waals surface area contributed by atoms with Crippen LogP contribution in [-0.4, -0.2) is 32.3 Å². The molecule has 0 aliphatic carbocycles. The number of anilines is 1. The number of sulfonamides is 1. The van der Waals surface area contributed by atoms with Crippen LogP contribution in [0.15, 0.2) is 77.7 Å². The standard InChI is InChI=1S/C24H23ClN2O3S/c1-18-10-12-21(13-11-18)31(29,30)27(23-9-5-4-8-22(23)25)17-24(28)26-15-14-19-6-2-3-7-20(19)16-26/h2-13H,14-17H2,1H3. The third kappa shape index (κ3) is 4.45. The number of rotatable bonds is 5. The number of benzene rings is 3. The average molecular weight is 455 g/mol. The maximum Gasteiger partial charge on any atom is 0.264 e. The summed E-state index contributed by atoms with van der Waals surface area (Å²) in [6.07, 6.45) is 0.749. The van der Waals surface area contributed by atoms with Crippen LogP contribution in [0, 0.1) is 6.92 Å². The van der Waals surface area contributed by atoms with Crippen LogP contribution >= 0.6 is 11.6 Å². The van der Waals surface area contributed by atoms with Gasteiger partial charge in [-0.3, -0.25) is 9.10 Å². The molecule has 0 saturated carbocycles. The first-order chi connectivity index (χ1) is 14.9. The van der Waals surface area contributed by atoms with Crippen LogP contribution < -0.4 is 4.31 Å². The van der Waals surface area contributed by atoms with E-state index in [1.165, 1.54) is 5.56 Å². The number of hydrogen-bond donors (Lipinski definition) is 0. The Morgan fingerprint density at radius 2 is 1.61 bits per heavy atom. The van der Waals surface area contributed by atoms with E-state index in [-0.39, 0.29) is 28.1 Å². The van der Waals surface area contributed by atoms with Gasteiger partial charge in [-0.1, -0.05) is 65.7 Å². The second kappa shape index (κ2) is 8.73. The lowest BCUT2D eigenvalue weighted by molar-refractivity contribution is -0.130.